The third kappa shape index (κ3) is 4.40. The highest BCUT2D eigenvalue weighted by Crippen LogP contribution is 2.33. The average molecular weight is 394 g/mol. The number of nitrogens with zero attached hydrogens (tertiary/aromatic N) is 3. The van der Waals surface area contributed by atoms with Crippen molar-refractivity contribution in [1.82, 2.24) is 15.3 Å². The largest absolute Gasteiger partial charge is 0.414 e. The van der Waals surface area contributed by atoms with Gasteiger partial charge in [-0.1, -0.05) is 12.2 Å². The Morgan fingerprint density at radius 3 is 2.96 bits per heavy atom. The lowest BCUT2D eigenvalue weighted by Gasteiger charge is -2.28. The van der Waals surface area contributed by atoms with Gasteiger partial charge in [-0.2, -0.15) is 0 Å². The zero-order chi connectivity index (χ0) is 18.7. The third-order valence-corrected chi connectivity index (χ3v) is 5.24. The van der Waals surface area contributed by atoms with Crippen molar-refractivity contribution >= 4 is 46.3 Å². The molecule has 138 valence electrons. The topological polar surface area (TPSA) is 57.2 Å². The summed E-state index contributed by atoms with van der Waals surface area (Å²) in [6.45, 7) is 1.79. The van der Waals surface area contributed by atoms with Crippen molar-refractivity contribution in [2.75, 3.05) is 27.2 Å². The number of amides is 1. The van der Waals surface area contributed by atoms with Gasteiger partial charge in [0, 0.05) is 38.8 Å². The van der Waals surface area contributed by atoms with E-state index in [0.717, 1.165) is 36.0 Å². The lowest BCUT2D eigenvalue weighted by molar-refractivity contribution is 0.171. The van der Waals surface area contributed by atoms with Crippen molar-refractivity contribution in [2.24, 2.45) is 4.99 Å². The Bertz CT molecular complexity index is 789. The van der Waals surface area contributed by atoms with Gasteiger partial charge >= 0.3 is 6.09 Å². The molecule has 6 nitrogen and oxygen atoms in total. The summed E-state index contributed by atoms with van der Waals surface area (Å²) in [7, 11) is 3.13. The maximum absolute atomic E-state index is 13.6. The molecule has 1 N–H and O–H groups in total. The Morgan fingerprint density at radius 1 is 1.46 bits per heavy atom. The molecule has 0 atom stereocenters. The molecule has 0 saturated carbocycles. The number of nitrogens with one attached hydrogen (secondary N) is 1. The molecule has 0 aromatic heterocycles. The monoisotopic (exact) mass is 394 g/mol. The summed E-state index contributed by atoms with van der Waals surface area (Å²) in [5, 5.41) is 2.80. The van der Waals surface area contributed by atoms with Crippen LogP contribution >= 0.6 is 24.0 Å². The van der Waals surface area contributed by atoms with Gasteiger partial charge in [0.1, 0.15) is 16.6 Å². The zero-order valence-corrected chi connectivity index (χ0v) is 16.1. The first-order valence-corrected chi connectivity index (χ1v) is 9.39. The molecule has 0 aliphatic carbocycles. The van der Waals surface area contributed by atoms with Crippen molar-refractivity contribution < 1.29 is 13.9 Å². The lowest BCUT2D eigenvalue weighted by atomic mass is 10.2. The van der Waals surface area contributed by atoms with E-state index in [1.165, 1.54) is 28.8 Å². The molecule has 0 spiro atoms. The molecule has 1 aromatic rings. The van der Waals surface area contributed by atoms with Crippen molar-refractivity contribution in [3.05, 3.63) is 34.5 Å². The van der Waals surface area contributed by atoms with Crippen LogP contribution < -0.4 is 10.2 Å². The summed E-state index contributed by atoms with van der Waals surface area (Å²) in [5.41, 5.74) is 3.86. The fourth-order valence-electron chi connectivity index (χ4n) is 2.41. The summed E-state index contributed by atoms with van der Waals surface area (Å²) in [6.07, 6.45) is 3.43. The van der Waals surface area contributed by atoms with E-state index in [1.54, 1.807) is 26.2 Å². The van der Waals surface area contributed by atoms with Crippen LogP contribution in [-0.4, -0.2) is 53.3 Å². The maximum Gasteiger partial charge on any atom is 0.414 e. The number of hydrazine groups is 1. The molecule has 1 aromatic carbocycles. The number of amidine groups is 1. The Hall–Kier alpha value is -1.97. The summed E-state index contributed by atoms with van der Waals surface area (Å²) in [4.78, 5) is 18.8. The molecular weight excluding hydrogens is 375 g/mol. The smallest absolute Gasteiger partial charge is 0.409 e. The van der Waals surface area contributed by atoms with E-state index in [2.05, 4.69) is 10.4 Å². The quantitative estimate of drug-likeness (QED) is 0.614. The van der Waals surface area contributed by atoms with Crippen LogP contribution in [0, 0.1) is 5.82 Å². The second-order valence-electron chi connectivity index (χ2n) is 6.02. The highest BCUT2D eigenvalue weighted by molar-refractivity contribution is 8.19. The number of halogens is 1. The standard InChI is InChI=1S/C17H19FN4O2S2/c1-21(2)17(23)24-13-10-12(18)6-5-11(13)9-14-15(25)20-16(26-14)22-8-4-3-7-19-22/h5-6,9-10,19H,3-4,7-8H2,1-2H3/b14-9-. The first-order valence-electron chi connectivity index (χ1n) is 8.16. The van der Waals surface area contributed by atoms with Gasteiger partial charge < -0.3 is 9.64 Å². The zero-order valence-electron chi connectivity index (χ0n) is 14.5. The van der Waals surface area contributed by atoms with Gasteiger partial charge in [-0.3, -0.25) is 5.01 Å². The molecule has 3 rings (SSSR count). The van der Waals surface area contributed by atoms with Crippen LogP contribution in [0.1, 0.15) is 18.4 Å². The number of hydrogen-bond acceptors (Lipinski definition) is 6. The van der Waals surface area contributed by atoms with Gasteiger partial charge in [0.15, 0.2) is 5.17 Å². The van der Waals surface area contributed by atoms with Crippen molar-refractivity contribution in [3.63, 3.8) is 0 Å². The molecule has 2 aliphatic rings. The molecule has 0 radical (unpaired) electrons. The minimum absolute atomic E-state index is 0.143. The van der Waals surface area contributed by atoms with Crippen LogP contribution in [0.15, 0.2) is 28.1 Å². The van der Waals surface area contributed by atoms with E-state index in [4.69, 9.17) is 17.0 Å². The Labute approximate surface area is 161 Å². The number of thioether (sulfide) groups is 1. The molecule has 1 fully saturated rings. The lowest BCUT2D eigenvalue weighted by Crippen LogP contribution is -2.45. The summed E-state index contributed by atoms with van der Waals surface area (Å²) < 4.78 is 18.9. The second kappa shape index (κ2) is 8.15. The fraction of sp³-hybridized carbons (Fsp3) is 0.353. The number of carbonyl (C=O) groups is 1. The molecule has 2 heterocycles. The van der Waals surface area contributed by atoms with Crippen molar-refractivity contribution in [2.45, 2.75) is 12.8 Å². The number of benzene rings is 1. The van der Waals surface area contributed by atoms with E-state index in [-0.39, 0.29) is 5.75 Å². The number of aliphatic imine (C=N–C) groups is 1. The van der Waals surface area contributed by atoms with Crippen LogP contribution in [0.25, 0.3) is 6.08 Å². The van der Waals surface area contributed by atoms with Crippen molar-refractivity contribution in [3.8, 4) is 5.75 Å². The molecular formula is C17H19FN4O2S2. The normalized spacial score (nSPS) is 18.9. The van der Waals surface area contributed by atoms with E-state index in [9.17, 15) is 9.18 Å². The second-order valence-corrected chi connectivity index (χ2v) is 7.42. The van der Waals surface area contributed by atoms with Crippen LogP contribution in [0.3, 0.4) is 0 Å². The Morgan fingerprint density at radius 2 is 2.27 bits per heavy atom. The van der Waals surface area contributed by atoms with Gasteiger partial charge in [-0.05, 0) is 42.8 Å². The first kappa shape index (κ1) is 18.8. The van der Waals surface area contributed by atoms with Gasteiger partial charge in [-0.25, -0.2) is 19.6 Å². The number of thiocarbonyl (C=S) groups is 1. The van der Waals surface area contributed by atoms with Crippen LogP contribution in [0.4, 0.5) is 9.18 Å². The predicted octanol–water partition coefficient (Wildman–Crippen LogP) is 3.26. The number of hydrogen-bond donors (Lipinski definition) is 1. The van der Waals surface area contributed by atoms with Crippen molar-refractivity contribution in [1.29, 1.82) is 0 Å². The number of rotatable bonds is 2. The Balaban J connectivity index is 1.81. The minimum atomic E-state index is -0.577. The minimum Gasteiger partial charge on any atom is -0.409 e. The van der Waals surface area contributed by atoms with Crippen LogP contribution in [0.2, 0.25) is 0 Å². The summed E-state index contributed by atoms with van der Waals surface area (Å²) in [6, 6.07) is 4.06. The Kier molecular flexibility index (Phi) is 5.90. The van der Waals surface area contributed by atoms with E-state index >= 15 is 0 Å². The fourth-order valence-corrected chi connectivity index (χ4v) is 3.65. The summed E-state index contributed by atoms with van der Waals surface area (Å²) >= 11 is 6.81. The van der Waals surface area contributed by atoms with Gasteiger partial charge in [0.2, 0.25) is 0 Å². The van der Waals surface area contributed by atoms with Crippen LogP contribution in [0.5, 0.6) is 5.75 Å². The van der Waals surface area contributed by atoms with E-state index in [1.807, 2.05) is 5.01 Å². The van der Waals surface area contributed by atoms with Gasteiger partial charge in [0.25, 0.3) is 0 Å². The molecule has 26 heavy (non-hydrogen) atoms. The van der Waals surface area contributed by atoms with E-state index < -0.39 is 11.9 Å². The van der Waals surface area contributed by atoms with Crippen LogP contribution in [-0.2, 0) is 0 Å². The molecule has 2 aliphatic heterocycles. The third-order valence-electron chi connectivity index (χ3n) is 3.78. The molecule has 0 bridgehead atoms. The molecule has 1 amide bonds. The van der Waals surface area contributed by atoms with Gasteiger partial charge in [0.05, 0.1) is 4.91 Å². The predicted molar refractivity (Wildman–Crippen MR) is 106 cm³/mol. The average Bonchev–Trinajstić information content (AvgIpc) is 2.98. The first-order chi connectivity index (χ1) is 12.4. The molecule has 9 heteroatoms. The molecule has 0 unspecified atom stereocenters. The highest BCUT2D eigenvalue weighted by Gasteiger charge is 2.25. The maximum atomic E-state index is 13.6. The number of ether oxygens (including phenoxy) is 1. The SMILES string of the molecule is CN(C)C(=O)Oc1cc(F)ccc1/C=C1\SC(N2CCCCN2)=NC1=S. The number of carbonyl (C=O) groups excluding carboxylic acids is 1. The van der Waals surface area contributed by atoms with E-state index in [0.29, 0.717) is 10.6 Å². The highest BCUT2D eigenvalue weighted by atomic mass is 32.2. The summed E-state index contributed by atoms with van der Waals surface area (Å²) in [5.74, 6) is -0.339. The van der Waals surface area contributed by atoms with Gasteiger partial charge in [-0.15, -0.1) is 0 Å². The molecule has 1 saturated heterocycles.